The van der Waals surface area contributed by atoms with Crippen LogP contribution >= 0.6 is 0 Å². The van der Waals surface area contributed by atoms with Gasteiger partial charge in [0.05, 0.1) is 19.2 Å². The highest BCUT2D eigenvalue weighted by Crippen LogP contribution is 2.15. The Kier molecular flexibility index (Phi) is 5.83. The van der Waals surface area contributed by atoms with E-state index in [1.807, 2.05) is 26.1 Å². The maximum absolute atomic E-state index is 12.1. The Balaban J connectivity index is 1.94. The van der Waals surface area contributed by atoms with Gasteiger partial charge in [0.15, 0.2) is 0 Å². The summed E-state index contributed by atoms with van der Waals surface area (Å²) < 4.78 is 1.74. The molecule has 0 unspecified atom stereocenters. The smallest absolute Gasteiger partial charge is 0.247 e. The van der Waals surface area contributed by atoms with Gasteiger partial charge in [-0.25, -0.2) is 4.68 Å². The number of carbonyl (C=O) groups excluding carboxylic acids is 2. The van der Waals surface area contributed by atoms with Crippen LogP contribution in [-0.2, 0) is 22.6 Å². The minimum Gasteiger partial charge on any atom is -0.350 e. The second-order valence-corrected chi connectivity index (χ2v) is 5.59. The summed E-state index contributed by atoms with van der Waals surface area (Å²) in [6.07, 6.45) is 3.16. The molecule has 0 fully saturated rings. The summed E-state index contributed by atoms with van der Waals surface area (Å²) in [4.78, 5) is 23.6. The molecule has 7 nitrogen and oxygen atoms in total. The number of anilines is 1. The van der Waals surface area contributed by atoms with Crippen molar-refractivity contribution in [2.45, 2.75) is 32.9 Å². The topological polar surface area (TPSA) is 88.9 Å². The second-order valence-electron chi connectivity index (χ2n) is 5.59. The van der Waals surface area contributed by atoms with Gasteiger partial charge in [0.1, 0.15) is 5.69 Å². The second kappa shape index (κ2) is 8.05. The van der Waals surface area contributed by atoms with Crippen LogP contribution in [0, 0.1) is 0 Å². The SMILES string of the molecule is C=CC(=O)Nc1ccccc1CC(=O)NCc1cn(C(C)C)nn1. The van der Waals surface area contributed by atoms with Crippen molar-refractivity contribution >= 4 is 17.5 Å². The van der Waals surface area contributed by atoms with Crippen molar-refractivity contribution in [2.24, 2.45) is 0 Å². The molecule has 24 heavy (non-hydrogen) atoms. The summed E-state index contributed by atoms with van der Waals surface area (Å²) in [5, 5.41) is 13.5. The van der Waals surface area contributed by atoms with E-state index in [1.54, 1.807) is 22.9 Å². The monoisotopic (exact) mass is 327 g/mol. The van der Waals surface area contributed by atoms with E-state index in [9.17, 15) is 9.59 Å². The molecule has 0 saturated carbocycles. The van der Waals surface area contributed by atoms with Gasteiger partial charge in [0, 0.05) is 11.7 Å². The number of para-hydroxylation sites is 1. The van der Waals surface area contributed by atoms with E-state index in [4.69, 9.17) is 0 Å². The van der Waals surface area contributed by atoms with Crippen LogP contribution in [0.25, 0.3) is 0 Å². The van der Waals surface area contributed by atoms with Crippen LogP contribution in [0.2, 0.25) is 0 Å². The highest BCUT2D eigenvalue weighted by Gasteiger charge is 2.10. The van der Waals surface area contributed by atoms with Gasteiger partial charge < -0.3 is 10.6 Å². The molecule has 126 valence electrons. The number of rotatable bonds is 7. The molecule has 0 saturated heterocycles. The standard InChI is InChI=1S/C17H21N5O2/c1-4-16(23)19-15-8-6-5-7-13(15)9-17(24)18-10-14-11-22(12(2)3)21-20-14/h4-8,11-12H,1,9-10H2,2-3H3,(H,18,24)(H,19,23). The van der Waals surface area contributed by atoms with Crippen LogP contribution in [0.1, 0.15) is 31.1 Å². The highest BCUT2D eigenvalue weighted by molar-refractivity contribution is 5.99. The lowest BCUT2D eigenvalue weighted by molar-refractivity contribution is -0.120. The highest BCUT2D eigenvalue weighted by atomic mass is 16.2. The zero-order chi connectivity index (χ0) is 17.5. The fourth-order valence-corrected chi connectivity index (χ4v) is 2.05. The molecule has 0 aliphatic carbocycles. The van der Waals surface area contributed by atoms with Gasteiger partial charge in [0.2, 0.25) is 11.8 Å². The van der Waals surface area contributed by atoms with Gasteiger partial charge in [-0.2, -0.15) is 0 Å². The molecule has 1 aromatic heterocycles. The lowest BCUT2D eigenvalue weighted by atomic mass is 10.1. The average molecular weight is 327 g/mol. The first kappa shape index (κ1) is 17.4. The third-order valence-corrected chi connectivity index (χ3v) is 3.37. The Morgan fingerprint density at radius 2 is 2.08 bits per heavy atom. The van der Waals surface area contributed by atoms with E-state index in [2.05, 4.69) is 27.5 Å². The van der Waals surface area contributed by atoms with E-state index >= 15 is 0 Å². The van der Waals surface area contributed by atoms with Gasteiger partial charge >= 0.3 is 0 Å². The Bertz CT molecular complexity index is 736. The molecule has 0 aliphatic heterocycles. The summed E-state index contributed by atoms with van der Waals surface area (Å²) in [5.74, 6) is -0.470. The number of hydrogen-bond donors (Lipinski definition) is 2. The molecule has 0 aliphatic rings. The van der Waals surface area contributed by atoms with E-state index in [0.29, 0.717) is 17.9 Å². The van der Waals surface area contributed by atoms with Gasteiger partial charge in [-0.15, -0.1) is 5.10 Å². The minimum atomic E-state index is -0.312. The number of hydrogen-bond acceptors (Lipinski definition) is 4. The molecule has 2 aromatic rings. The molecule has 2 N–H and O–H groups in total. The predicted molar refractivity (Wildman–Crippen MR) is 91.2 cm³/mol. The Hall–Kier alpha value is -2.96. The maximum atomic E-state index is 12.1. The van der Waals surface area contributed by atoms with E-state index in [1.165, 1.54) is 6.08 Å². The fraction of sp³-hybridized carbons (Fsp3) is 0.294. The lowest BCUT2D eigenvalue weighted by Gasteiger charge is -2.09. The molecule has 0 atom stereocenters. The fourth-order valence-electron chi connectivity index (χ4n) is 2.05. The van der Waals surface area contributed by atoms with Crippen molar-refractivity contribution < 1.29 is 9.59 Å². The molecule has 0 bridgehead atoms. The van der Waals surface area contributed by atoms with Crippen molar-refractivity contribution in [1.29, 1.82) is 0 Å². The van der Waals surface area contributed by atoms with Gasteiger partial charge in [-0.3, -0.25) is 9.59 Å². The third kappa shape index (κ3) is 4.77. The molecule has 7 heteroatoms. The summed E-state index contributed by atoms with van der Waals surface area (Å²) in [5.41, 5.74) is 2.03. The number of nitrogens with one attached hydrogen (secondary N) is 2. The lowest BCUT2D eigenvalue weighted by Crippen LogP contribution is -2.25. The zero-order valence-corrected chi connectivity index (χ0v) is 13.8. The number of amides is 2. The molecule has 2 rings (SSSR count). The van der Waals surface area contributed by atoms with Crippen molar-refractivity contribution in [3.8, 4) is 0 Å². The molecule has 1 aromatic carbocycles. The first-order chi connectivity index (χ1) is 11.5. The minimum absolute atomic E-state index is 0.158. The molecular weight excluding hydrogens is 306 g/mol. The first-order valence-electron chi connectivity index (χ1n) is 7.68. The molecule has 0 spiro atoms. The Labute approximate surface area is 140 Å². The summed E-state index contributed by atoms with van der Waals surface area (Å²) >= 11 is 0. The van der Waals surface area contributed by atoms with E-state index in [-0.39, 0.29) is 24.3 Å². The summed E-state index contributed by atoms with van der Waals surface area (Å²) in [7, 11) is 0. The van der Waals surface area contributed by atoms with Crippen molar-refractivity contribution in [3.05, 3.63) is 54.4 Å². The number of carbonyl (C=O) groups is 2. The van der Waals surface area contributed by atoms with Crippen LogP contribution in [0.3, 0.4) is 0 Å². The van der Waals surface area contributed by atoms with Crippen molar-refractivity contribution in [1.82, 2.24) is 20.3 Å². The Morgan fingerprint density at radius 3 is 2.75 bits per heavy atom. The van der Waals surface area contributed by atoms with Gasteiger partial charge in [-0.05, 0) is 31.6 Å². The molecule has 2 amide bonds. The average Bonchev–Trinajstić information content (AvgIpc) is 3.04. The number of nitrogens with zero attached hydrogens (tertiary/aromatic N) is 3. The van der Waals surface area contributed by atoms with Crippen LogP contribution < -0.4 is 10.6 Å². The van der Waals surface area contributed by atoms with Crippen LogP contribution in [-0.4, -0.2) is 26.8 Å². The van der Waals surface area contributed by atoms with Gasteiger partial charge in [-0.1, -0.05) is 30.0 Å². The number of benzene rings is 1. The molecule has 0 radical (unpaired) electrons. The van der Waals surface area contributed by atoms with Crippen LogP contribution in [0.4, 0.5) is 5.69 Å². The maximum Gasteiger partial charge on any atom is 0.247 e. The van der Waals surface area contributed by atoms with Gasteiger partial charge in [0.25, 0.3) is 0 Å². The summed E-state index contributed by atoms with van der Waals surface area (Å²) in [6.45, 7) is 7.74. The molecule has 1 heterocycles. The Morgan fingerprint density at radius 1 is 1.33 bits per heavy atom. The predicted octanol–water partition coefficient (Wildman–Crippen LogP) is 1.84. The van der Waals surface area contributed by atoms with E-state index in [0.717, 1.165) is 5.56 Å². The zero-order valence-electron chi connectivity index (χ0n) is 13.8. The summed E-state index contributed by atoms with van der Waals surface area (Å²) in [6, 6.07) is 7.39. The normalized spacial score (nSPS) is 10.5. The quantitative estimate of drug-likeness (QED) is 0.760. The van der Waals surface area contributed by atoms with E-state index < -0.39 is 0 Å². The van der Waals surface area contributed by atoms with Crippen LogP contribution in [0.5, 0.6) is 0 Å². The third-order valence-electron chi connectivity index (χ3n) is 3.37. The largest absolute Gasteiger partial charge is 0.350 e. The molecular formula is C17H21N5O2. The number of aromatic nitrogens is 3. The van der Waals surface area contributed by atoms with Crippen molar-refractivity contribution in [2.75, 3.05) is 5.32 Å². The first-order valence-corrected chi connectivity index (χ1v) is 7.68. The van der Waals surface area contributed by atoms with Crippen molar-refractivity contribution in [3.63, 3.8) is 0 Å². The van der Waals surface area contributed by atoms with Crippen LogP contribution in [0.15, 0.2) is 43.1 Å².